The molecule has 2 aliphatic heterocycles. The number of nitrogens with zero attached hydrogens (tertiary/aromatic N) is 3. The van der Waals surface area contributed by atoms with Gasteiger partial charge in [0.2, 0.25) is 0 Å². The molecule has 2 atom stereocenters. The van der Waals surface area contributed by atoms with Gasteiger partial charge in [-0.2, -0.15) is 11.3 Å². The fourth-order valence-corrected chi connectivity index (χ4v) is 4.31. The first-order valence-electron chi connectivity index (χ1n) is 7.78. The van der Waals surface area contributed by atoms with Crippen LogP contribution < -0.4 is 4.90 Å². The molecule has 2 aromatic rings. The number of hydrogen-bond donors (Lipinski definition) is 0. The van der Waals surface area contributed by atoms with Crippen LogP contribution in [-0.4, -0.2) is 42.0 Å². The minimum absolute atomic E-state index is 0.198. The molecule has 0 saturated carbocycles. The van der Waals surface area contributed by atoms with E-state index in [9.17, 15) is 4.79 Å². The lowest BCUT2D eigenvalue weighted by atomic mass is 9.88. The zero-order valence-electron chi connectivity index (χ0n) is 12.4. The molecule has 0 bridgehead atoms. The zero-order valence-corrected chi connectivity index (χ0v) is 13.2. The average Bonchev–Trinajstić information content (AvgIpc) is 3.23. The van der Waals surface area contributed by atoms with Crippen molar-refractivity contribution in [3.63, 3.8) is 0 Å². The van der Waals surface area contributed by atoms with Crippen LogP contribution in [0.1, 0.15) is 16.8 Å². The lowest BCUT2D eigenvalue weighted by Crippen LogP contribution is -2.40. The molecular formula is C17H19N3OS. The van der Waals surface area contributed by atoms with Gasteiger partial charge in [0, 0.05) is 37.8 Å². The second kappa shape index (κ2) is 5.72. The van der Waals surface area contributed by atoms with E-state index in [-0.39, 0.29) is 5.91 Å². The fourth-order valence-electron chi connectivity index (χ4n) is 3.68. The number of piperidine rings is 1. The van der Waals surface area contributed by atoms with E-state index < -0.39 is 0 Å². The minimum Gasteiger partial charge on any atom is -0.370 e. The SMILES string of the molecule is O=C(c1ccsc1)N1C[C@@H]2CCN(c3cccnc3)C[C@@H]2C1. The van der Waals surface area contributed by atoms with E-state index >= 15 is 0 Å². The monoisotopic (exact) mass is 313 g/mol. The van der Waals surface area contributed by atoms with Crippen molar-refractivity contribution in [1.82, 2.24) is 9.88 Å². The van der Waals surface area contributed by atoms with E-state index in [4.69, 9.17) is 0 Å². The first kappa shape index (κ1) is 13.8. The van der Waals surface area contributed by atoms with Crippen molar-refractivity contribution in [2.75, 3.05) is 31.1 Å². The van der Waals surface area contributed by atoms with Gasteiger partial charge in [-0.25, -0.2) is 0 Å². The smallest absolute Gasteiger partial charge is 0.254 e. The van der Waals surface area contributed by atoms with Gasteiger partial charge in [0.1, 0.15) is 0 Å². The van der Waals surface area contributed by atoms with Gasteiger partial charge in [-0.15, -0.1) is 0 Å². The molecule has 4 rings (SSSR count). The zero-order chi connectivity index (χ0) is 14.9. The number of amides is 1. The largest absolute Gasteiger partial charge is 0.370 e. The molecule has 22 heavy (non-hydrogen) atoms. The quantitative estimate of drug-likeness (QED) is 0.855. The lowest BCUT2D eigenvalue weighted by molar-refractivity contribution is 0.0785. The Balaban J connectivity index is 1.45. The molecular weight excluding hydrogens is 294 g/mol. The average molecular weight is 313 g/mol. The van der Waals surface area contributed by atoms with Crippen molar-refractivity contribution >= 4 is 22.9 Å². The van der Waals surface area contributed by atoms with Gasteiger partial charge < -0.3 is 9.80 Å². The summed E-state index contributed by atoms with van der Waals surface area (Å²) in [4.78, 5) is 21.2. The molecule has 2 saturated heterocycles. The number of likely N-dealkylation sites (tertiary alicyclic amines) is 1. The highest BCUT2D eigenvalue weighted by Gasteiger charge is 2.39. The van der Waals surface area contributed by atoms with Crippen molar-refractivity contribution in [3.05, 3.63) is 46.9 Å². The molecule has 0 spiro atoms. The number of fused-ring (bicyclic) bond motifs is 1. The third-order valence-electron chi connectivity index (χ3n) is 4.87. The maximum Gasteiger partial charge on any atom is 0.254 e. The van der Waals surface area contributed by atoms with Gasteiger partial charge >= 0.3 is 0 Å². The first-order chi connectivity index (χ1) is 10.8. The van der Waals surface area contributed by atoms with Gasteiger partial charge in [-0.1, -0.05) is 0 Å². The van der Waals surface area contributed by atoms with Crippen LogP contribution in [0.5, 0.6) is 0 Å². The summed E-state index contributed by atoms with van der Waals surface area (Å²) >= 11 is 1.59. The van der Waals surface area contributed by atoms with Crippen LogP contribution in [0.2, 0.25) is 0 Å². The summed E-state index contributed by atoms with van der Waals surface area (Å²) in [7, 11) is 0. The van der Waals surface area contributed by atoms with Crippen LogP contribution in [0.15, 0.2) is 41.4 Å². The Kier molecular flexibility index (Phi) is 3.58. The van der Waals surface area contributed by atoms with Crippen LogP contribution in [-0.2, 0) is 0 Å². The van der Waals surface area contributed by atoms with Crippen LogP contribution >= 0.6 is 11.3 Å². The van der Waals surface area contributed by atoms with Crippen molar-refractivity contribution in [2.45, 2.75) is 6.42 Å². The molecule has 2 aromatic heterocycles. The standard InChI is InChI=1S/C17H19N3OS/c21-17(14-4-7-22-12-14)20-9-13-3-6-19(10-15(13)11-20)16-2-1-5-18-8-16/h1-2,4-5,7-8,12-13,15H,3,6,9-11H2/t13-,15+/m0/s1. The number of rotatable bonds is 2. The Morgan fingerprint density at radius 3 is 2.91 bits per heavy atom. The van der Waals surface area contributed by atoms with Gasteiger partial charge in [-0.05, 0) is 41.8 Å². The maximum atomic E-state index is 12.5. The molecule has 0 radical (unpaired) electrons. The van der Waals surface area contributed by atoms with E-state index in [1.165, 1.54) is 5.69 Å². The number of anilines is 1. The van der Waals surface area contributed by atoms with Gasteiger partial charge in [0.15, 0.2) is 0 Å². The molecule has 2 aliphatic rings. The molecule has 2 fully saturated rings. The summed E-state index contributed by atoms with van der Waals surface area (Å²) in [5.74, 6) is 1.43. The molecule has 0 N–H and O–H groups in total. The van der Waals surface area contributed by atoms with Crippen LogP contribution in [0.25, 0.3) is 0 Å². The Bertz CT molecular complexity index is 643. The van der Waals surface area contributed by atoms with E-state index in [2.05, 4.69) is 16.0 Å². The third-order valence-corrected chi connectivity index (χ3v) is 5.55. The number of carbonyl (C=O) groups is 1. The first-order valence-corrected chi connectivity index (χ1v) is 8.72. The Hall–Kier alpha value is -1.88. The summed E-state index contributed by atoms with van der Waals surface area (Å²) < 4.78 is 0. The highest BCUT2D eigenvalue weighted by atomic mass is 32.1. The maximum absolute atomic E-state index is 12.5. The van der Waals surface area contributed by atoms with Crippen molar-refractivity contribution in [3.8, 4) is 0 Å². The molecule has 4 nitrogen and oxygen atoms in total. The van der Waals surface area contributed by atoms with Gasteiger partial charge in [0.25, 0.3) is 5.91 Å². The molecule has 0 aliphatic carbocycles. The van der Waals surface area contributed by atoms with Crippen molar-refractivity contribution in [2.24, 2.45) is 11.8 Å². The molecule has 0 aromatic carbocycles. The highest BCUT2D eigenvalue weighted by molar-refractivity contribution is 7.08. The van der Waals surface area contributed by atoms with E-state index in [0.717, 1.165) is 38.2 Å². The van der Waals surface area contributed by atoms with E-state index in [0.29, 0.717) is 11.8 Å². The summed E-state index contributed by atoms with van der Waals surface area (Å²) in [6, 6.07) is 6.04. The molecule has 5 heteroatoms. The Morgan fingerprint density at radius 2 is 2.14 bits per heavy atom. The Labute approximate surface area is 134 Å². The van der Waals surface area contributed by atoms with E-state index in [1.807, 2.05) is 40.2 Å². The molecule has 1 amide bonds. The highest BCUT2D eigenvalue weighted by Crippen LogP contribution is 2.33. The fraction of sp³-hybridized carbons (Fsp3) is 0.412. The summed E-state index contributed by atoms with van der Waals surface area (Å²) in [6.07, 6.45) is 4.91. The number of hydrogen-bond acceptors (Lipinski definition) is 4. The minimum atomic E-state index is 0.198. The molecule has 0 unspecified atom stereocenters. The summed E-state index contributed by atoms with van der Waals surface area (Å²) in [5.41, 5.74) is 2.04. The van der Waals surface area contributed by atoms with Gasteiger partial charge in [0.05, 0.1) is 17.4 Å². The van der Waals surface area contributed by atoms with Crippen molar-refractivity contribution in [1.29, 1.82) is 0 Å². The summed E-state index contributed by atoms with van der Waals surface area (Å²) in [5, 5.41) is 3.92. The number of thiophene rings is 1. The molecule has 114 valence electrons. The predicted molar refractivity (Wildman–Crippen MR) is 88.3 cm³/mol. The van der Waals surface area contributed by atoms with E-state index in [1.54, 1.807) is 11.3 Å². The van der Waals surface area contributed by atoms with Crippen LogP contribution in [0, 0.1) is 11.8 Å². The van der Waals surface area contributed by atoms with Gasteiger partial charge in [-0.3, -0.25) is 9.78 Å². The second-order valence-electron chi connectivity index (χ2n) is 6.19. The third kappa shape index (κ3) is 2.50. The van der Waals surface area contributed by atoms with Crippen LogP contribution in [0.4, 0.5) is 5.69 Å². The topological polar surface area (TPSA) is 36.4 Å². The summed E-state index contributed by atoms with van der Waals surface area (Å²) in [6.45, 7) is 3.90. The lowest BCUT2D eigenvalue weighted by Gasteiger charge is -2.35. The Morgan fingerprint density at radius 1 is 1.23 bits per heavy atom. The number of carbonyl (C=O) groups excluding carboxylic acids is 1. The normalized spacial score (nSPS) is 24.4. The van der Waals surface area contributed by atoms with Crippen molar-refractivity contribution < 1.29 is 4.79 Å². The predicted octanol–water partition coefficient (Wildman–Crippen LogP) is 2.74. The number of aromatic nitrogens is 1. The second-order valence-corrected chi connectivity index (χ2v) is 6.97. The number of pyridine rings is 1. The molecule has 4 heterocycles. The van der Waals surface area contributed by atoms with Crippen LogP contribution in [0.3, 0.4) is 0 Å².